The molecule has 6 heteroatoms. The third-order valence-electron chi connectivity index (χ3n) is 6.56. The van der Waals surface area contributed by atoms with E-state index in [2.05, 4.69) is 28.2 Å². The van der Waals surface area contributed by atoms with Gasteiger partial charge in [-0.1, -0.05) is 36.4 Å². The number of hydrogen-bond acceptors (Lipinski definition) is 3. The van der Waals surface area contributed by atoms with Crippen LogP contribution in [0.5, 0.6) is 0 Å². The lowest BCUT2D eigenvalue weighted by atomic mass is 10.0. The van der Waals surface area contributed by atoms with Gasteiger partial charge in [0.05, 0.1) is 16.6 Å². The Balaban J connectivity index is 1.56. The van der Waals surface area contributed by atoms with Crippen molar-refractivity contribution < 1.29 is 13.2 Å². The van der Waals surface area contributed by atoms with Crippen molar-refractivity contribution in [1.29, 1.82) is 0 Å². The molecule has 33 heavy (non-hydrogen) atoms. The molecule has 1 atom stereocenters. The first-order valence-corrected chi connectivity index (χ1v) is 12.8. The quantitative estimate of drug-likeness (QED) is 0.516. The van der Waals surface area contributed by atoms with Crippen molar-refractivity contribution in [2.45, 2.75) is 57.9 Å². The highest BCUT2D eigenvalue weighted by Crippen LogP contribution is 2.27. The number of sulfonamides is 1. The average Bonchev–Trinajstić information content (AvgIpc) is 3.25. The lowest BCUT2D eigenvalue weighted by molar-refractivity contribution is 0.0939. The monoisotopic (exact) mass is 462 g/mol. The van der Waals surface area contributed by atoms with Crippen LogP contribution in [0.3, 0.4) is 0 Å². The molecular formula is C27H30N2O3S. The van der Waals surface area contributed by atoms with E-state index in [0.717, 1.165) is 29.5 Å². The minimum Gasteiger partial charge on any atom is -0.346 e. The molecule has 0 saturated heterocycles. The number of fused-ring (bicyclic) bond motifs is 1. The van der Waals surface area contributed by atoms with E-state index < -0.39 is 10.0 Å². The van der Waals surface area contributed by atoms with Crippen molar-refractivity contribution in [3.63, 3.8) is 0 Å². The fourth-order valence-corrected chi connectivity index (χ4v) is 5.71. The normalized spacial score (nSPS) is 13.9. The maximum Gasteiger partial charge on any atom is 0.262 e. The Morgan fingerprint density at radius 1 is 0.909 bits per heavy atom. The average molecular weight is 463 g/mol. The molecule has 1 aliphatic rings. The first-order valence-electron chi connectivity index (χ1n) is 11.3. The fourth-order valence-electron chi connectivity index (χ4n) is 4.32. The summed E-state index contributed by atoms with van der Waals surface area (Å²) < 4.78 is 29.0. The van der Waals surface area contributed by atoms with Crippen LogP contribution in [0.25, 0.3) is 0 Å². The number of anilines is 1. The summed E-state index contributed by atoms with van der Waals surface area (Å²) in [5.74, 6) is -0.300. The summed E-state index contributed by atoms with van der Waals surface area (Å²) in [6.07, 6.45) is 3.37. The van der Waals surface area contributed by atoms with Crippen LogP contribution >= 0.6 is 0 Å². The third-order valence-corrected chi connectivity index (χ3v) is 8.07. The zero-order valence-corrected chi connectivity index (χ0v) is 20.3. The summed E-state index contributed by atoms with van der Waals surface area (Å²) in [4.78, 5) is 13.1. The zero-order chi connectivity index (χ0) is 23.8. The standard InChI is InChI=1S/C27H30N2O3S/c1-17-7-5-10-25(19(17)3)29-33(31,32)26-16-24(12-11-18(26)2)27(30)28-20(4)22-14-13-21-8-6-9-23(21)15-22/h5,7,10-16,20,29H,6,8-9H2,1-4H3,(H,28,30). The number of carbonyl (C=O) groups excluding carboxylic acids is 1. The Hall–Kier alpha value is -3.12. The Labute approximate surface area is 196 Å². The van der Waals surface area contributed by atoms with Crippen molar-refractivity contribution in [3.8, 4) is 0 Å². The van der Waals surface area contributed by atoms with E-state index >= 15 is 0 Å². The van der Waals surface area contributed by atoms with Crippen LogP contribution in [0.4, 0.5) is 5.69 Å². The van der Waals surface area contributed by atoms with Gasteiger partial charge in [0.1, 0.15) is 0 Å². The molecule has 172 valence electrons. The van der Waals surface area contributed by atoms with Crippen LogP contribution in [-0.4, -0.2) is 14.3 Å². The van der Waals surface area contributed by atoms with Crippen LogP contribution in [0, 0.1) is 20.8 Å². The molecule has 0 radical (unpaired) electrons. The van der Waals surface area contributed by atoms with E-state index in [-0.39, 0.29) is 16.8 Å². The number of rotatable bonds is 6. The summed E-state index contributed by atoms with van der Waals surface area (Å²) in [7, 11) is -3.86. The van der Waals surface area contributed by atoms with E-state index in [1.54, 1.807) is 25.1 Å². The fraction of sp³-hybridized carbons (Fsp3) is 0.296. The largest absolute Gasteiger partial charge is 0.346 e. The molecule has 0 fully saturated rings. The smallest absolute Gasteiger partial charge is 0.262 e. The van der Waals surface area contributed by atoms with E-state index in [1.165, 1.54) is 23.6 Å². The molecule has 0 heterocycles. The molecule has 2 N–H and O–H groups in total. The summed E-state index contributed by atoms with van der Waals surface area (Å²) in [6.45, 7) is 7.49. The van der Waals surface area contributed by atoms with Gasteiger partial charge in [0.15, 0.2) is 0 Å². The predicted octanol–water partition coefficient (Wildman–Crippen LogP) is 5.39. The summed E-state index contributed by atoms with van der Waals surface area (Å²) in [5.41, 5.74) is 7.11. The molecule has 5 nitrogen and oxygen atoms in total. The highest BCUT2D eigenvalue weighted by Gasteiger charge is 2.21. The van der Waals surface area contributed by atoms with Gasteiger partial charge >= 0.3 is 0 Å². The second-order valence-electron chi connectivity index (χ2n) is 8.91. The van der Waals surface area contributed by atoms with Crippen LogP contribution < -0.4 is 10.0 Å². The van der Waals surface area contributed by atoms with E-state index in [1.807, 2.05) is 32.9 Å². The molecule has 0 aromatic heterocycles. The van der Waals surface area contributed by atoms with E-state index in [4.69, 9.17) is 0 Å². The number of amides is 1. The van der Waals surface area contributed by atoms with Crippen LogP contribution in [0.15, 0.2) is 59.5 Å². The number of hydrogen-bond donors (Lipinski definition) is 2. The van der Waals surface area contributed by atoms with Crippen LogP contribution in [-0.2, 0) is 22.9 Å². The maximum absolute atomic E-state index is 13.2. The SMILES string of the molecule is Cc1ccc(C(=O)NC(C)c2ccc3c(c2)CCC3)cc1S(=O)(=O)Nc1cccc(C)c1C. The first-order chi connectivity index (χ1) is 15.7. The van der Waals surface area contributed by atoms with Crippen molar-refractivity contribution >= 4 is 21.6 Å². The van der Waals surface area contributed by atoms with Crippen LogP contribution in [0.1, 0.15) is 63.1 Å². The Morgan fingerprint density at radius 2 is 1.67 bits per heavy atom. The molecular weight excluding hydrogens is 432 g/mol. The lowest BCUT2D eigenvalue weighted by Gasteiger charge is -2.17. The molecule has 1 unspecified atom stereocenters. The van der Waals surface area contributed by atoms with Gasteiger partial charge in [-0.15, -0.1) is 0 Å². The van der Waals surface area contributed by atoms with Gasteiger partial charge in [0, 0.05) is 5.56 Å². The van der Waals surface area contributed by atoms with Crippen molar-refractivity contribution in [1.82, 2.24) is 5.32 Å². The Kier molecular flexibility index (Phi) is 6.30. The molecule has 3 aromatic carbocycles. The first kappa shape index (κ1) is 23.1. The van der Waals surface area contributed by atoms with Gasteiger partial charge in [-0.2, -0.15) is 0 Å². The zero-order valence-electron chi connectivity index (χ0n) is 19.5. The highest BCUT2D eigenvalue weighted by molar-refractivity contribution is 7.92. The molecule has 1 amide bonds. The molecule has 4 rings (SSSR count). The molecule has 3 aromatic rings. The highest BCUT2D eigenvalue weighted by atomic mass is 32.2. The maximum atomic E-state index is 13.2. The minimum atomic E-state index is -3.86. The minimum absolute atomic E-state index is 0.0984. The van der Waals surface area contributed by atoms with Crippen molar-refractivity contribution in [2.75, 3.05) is 4.72 Å². The van der Waals surface area contributed by atoms with E-state index in [9.17, 15) is 13.2 Å². The van der Waals surface area contributed by atoms with Gasteiger partial charge in [0.25, 0.3) is 15.9 Å². The van der Waals surface area contributed by atoms with Crippen molar-refractivity contribution in [3.05, 3.63) is 93.5 Å². The number of carbonyl (C=O) groups is 1. The molecule has 0 bridgehead atoms. The molecule has 0 saturated carbocycles. The lowest BCUT2D eigenvalue weighted by Crippen LogP contribution is -2.27. The van der Waals surface area contributed by atoms with Crippen LogP contribution in [0.2, 0.25) is 0 Å². The molecule has 0 spiro atoms. The van der Waals surface area contributed by atoms with Gasteiger partial charge in [-0.25, -0.2) is 8.42 Å². The van der Waals surface area contributed by atoms with Gasteiger partial charge in [0.2, 0.25) is 0 Å². The third kappa shape index (κ3) is 4.81. The second-order valence-corrected chi connectivity index (χ2v) is 10.6. The number of aryl methyl sites for hydroxylation is 4. The number of nitrogens with one attached hydrogen (secondary N) is 2. The van der Waals surface area contributed by atoms with Gasteiger partial charge in [-0.3, -0.25) is 9.52 Å². The molecule has 0 aliphatic heterocycles. The summed E-state index contributed by atoms with van der Waals surface area (Å²) in [6, 6.07) is 16.5. The summed E-state index contributed by atoms with van der Waals surface area (Å²) >= 11 is 0. The Morgan fingerprint density at radius 3 is 2.45 bits per heavy atom. The van der Waals surface area contributed by atoms with Gasteiger partial charge < -0.3 is 5.32 Å². The summed E-state index contributed by atoms with van der Waals surface area (Å²) in [5, 5.41) is 3.01. The number of benzene rings is 3. The Bertz CT molecular complexity index is 1330. The topological polar surface area (TPSA) is 75.3 Å². The van der Waals surface area contributed by atoms with E-state index in [0.29, 0.717) is 16.8 Å². The van der Waals surface area contributed by atoms with Gasteiger partial charge in [-0.05, 0) is 98.5 Å². The molecule has 1 aliphatic carbocycles. The second kappa shape index (κ2) is 9.02. The predicted molar refractivity (Wildman–Crippen MR) is 132 cm³/mol. The van der Waals surface area contributed by atoms with Crippen molar-refractivity contribution in [2.24, 2.45) is 0 Å².